The lowest BCUT2D eigenvalue weighted by Gasteiger charge is -2.33. The molecule has 29 heavy (non-hydrogen) atoms. The van der Waals surface area contributed by atoms with Crippen molar-refractivity contribution in [1.29, 1.82) is 0 Å². The first-order valence-electron chi connectivity index (χ1n) is 9.78. The Kier molecular flexibility index (Phi) is 5.48. The van der Waals surface area contributed by atoms with Crippen molar-refractivity contribution in [3.05, 3.63) is 66.1 Å². The third-order valence-corrected chi connectivity index (χ3v) is 5.23. The van der Waals surface area contributed by atoms with Crippen LogP contribution in [0.3, 0.4) is 0 Å². The normalized spacial score (nSPS) is 14.7. The van der Waals surface area contributed by atoms with Gasteiger partial charge >= 0.3 is 0 Å². The molecule has 0 radical (unpaired) electrons. The van der Waals surface area contributed by atoms with Crippen LogP contribution in [0, 0.1) is 0 Å². The molecule has 2 amide bonds. The second kappa shape index (κ2) is 8.36. The topological polar surface area (TPSA) is 78.4 Å². The fourth-order valence-corrected chi connectivity index (χ4v) is 3.52. The summed E-state index contributed by atoms with van der Waals surface area (Å²) < 4.78 is 0. The summed E-state index contributed by atoms with van der Waals surface area (Å²) in [6, 6.07) is 12.6. The zero-order valence-corrected chi connectivity index (χ0v) is 16.3. The molecule has 1 fully saturated rings. The SMILES string of the molecule is CCN1CCN(C(=O)c2cc(C(=O)Nc3cccc4cccnc34)ccn2)CC1. The van der Waals surface area contributed by atoms with E-state index < -0.39 is 0 Å². The molecule has 148 valence electrons. The van der Waals surface area contributed by atoms with Crippen LogP contribution in [0.2, 0.25) is 0 Å². The Bertz CT molecular complexity index is 1040. The van der Waals surface area contributed by atoms with Crippen molar-refractivity contribution in [1.82, 2.24) is 19.8 Å². The lowest BCUT2D eigenvalue weighted by molar-refractivity contribution is 0.0637. The highest BCUT2D eigenvalue weighted by Crippen LogP contribution is 2.21. The molecule has 0 unspecified atom stereocenters. The molecule has 1 aliphatic rings. The van der Waals surface area contributed by atoms with Gasteiger partial charge in [0.05, 0.1) is 11.2 Å². The molecule has 0 bridgehead atoms. The summed E-state index contributed by atoms with van der Waals surface area (Å²) in [5.41, 5.74) is 2.04. The molecule has 4 rings (SSSR count). The van der Waals surface area contributed by atoms with Crippen LogP contribution in [-0.2, 0) is 0 Å². The molecule has 0 spiro atoms. The van der Waals surface area contributed by atoms with E-state index in [-0.39, 0.29) is 11.8 Å². The van der Waals surface area contributed by atoms with E-state index >= 15 is 0 Å². The minimum Gasteiger partial charge on any atom is -0.335 e. The number of piperazine rings is 1. The highest BCUT2D eigenvalue weighted by Gasteiger charge is 2.23. The number of likely N-dealkylation sites (N-methyl/N-ethyl adjacent to an activating group) is 1. The van der Waals surface area contributed by atoms with Gasteiger partial charge in [-0.2, -0.15) is 0 Å². The van der Waals surface area contributed by atoms with Crippen LogP contribution in [0.15, 0.2) is 54.9 Å². The van der Waals surface area contributed by atoms with Gasteiger partial charge in [0.2, 0.25) is 0 Å². The molecule has 0 atom stereocenters. The molecule has 2 aromatic heterocycles. The second-order valence-electron chi connectivity index (χ2n) is 6.99. The van der Waals surface area contributed by atoms with Gasteiger partial charge in [-0.15, -0.1) is 0 Å². The summed E-state index contributed by atoms with van der Waals surface area (Å²) in [5.74, 6) is -0.433. The number of pyridine rings is 2. The third-order valence-electron chi connectivity index (χ3n) is 5.23. The molecule has 7 heteroatoms. The van der Waals surface area contributed by atoms with Crippen molar-refractivity contribution in [2.75, 3.05) is 38.0 Å². The Labute approximate surface area is 169 Å². The Morgan fingerprint density at radius 2 is 1.79 bits per heavy atom. The number of fused-ring (bicyclic) bond motifs is 1. The lowest BCUT2D eigenvalue weighted by Crippen LogP contribution is -2.48. The zero-order chi connectivity index (χ0) is 20.2. The summed E-state index contributed by atoms with van der Waals surface area (Å²) in [5, 5.41) is 3.85. The van der Waals surface area contributed by atoms with E-state index in [4.69, 9.17) is 0 Å². The van der Waals surface area contributed by atoms with Crippen LogP contribution >= 0.6 is 0 Å². The van der Waals surface area contributed by atoms with Crippen LogP contribution in [0.5, 0.6) is 0 Å². The van der Waals surface area contributed by atoms with Gasteiger partial charge in [-0.1, -0.05) is 25.1 Å². The number of hydrogen-bond donors (Lipinski definition) is 1. The number of anilines is 1. The summed E-state index contributed by atoms with van der Waals surface area (Å²) in [4.78, 5) is 38.3. The van der Waals surface area contributed by atoms with Gasteiger partial charge in [0.25, 0.3) is 11.8 Å². The monoisotopic (exact) mass is 389 g/mol. The van der Waals surface area contributed by atoms with Crippen LogP contribution in [0.4, 0.5) is 5.69 Å². The minimum absolute atomic E-state index is 0.137. The van der Waals surface area contributed by atoms with Gasteiger partial charge < -0.3 is 15.1 Å². The molecular formula is C22H23N5O2. The minimum atomic E-state index is -0.296. The number of aromatic nitrogens is 2. The van der Waals surface area contributed by atoms with Gasteiger partial charge in [0.1, 0.15) is 5.69 Å². The van der Waals surface area contributed by atoms with Gasteiger partial charge in [-0.05, 0) is 30.8 Å². The summed E-state index contributed by atoms with van der Waals surface area (Å²) >= 11 is 0. The van der Waals surface area contributed by atoms with E-state index in [1.807, 2.05) is 30.3 Å². The van der Waals surface area contributed by atoms with Crippen molar-refractivity contribution < 1.29 is 9.59 Å². The Morgan fingerprint density at radius 3 is 2.59 bits per heavy atom. The highest BCUT2D eigenvalue weighted by molar-refractivity contribution is 6.09. The first-order chi connectivity index (χ1) is 14.2. The van der Waals surface area contributed by atoms with Crippen molar-refractivity contribution in [3.63, 3.8) is 0 Å². The second-order valence-corrected chi connectivity index (χ2v) is 6.99. The molecule has 1 aliphatic heterocycles. The van der Waals surface area contributed by atoms with Gasteiger partial charge in [-0.3, -0.25) is 19.6 Å². The number of benzene rings is 1. The highest BCUT2D eigenvalue weighted by atomic mass is 16.2. The van der Waals surface area contributed by atoms with Crippen LogP contribution in [-0.4, -0.2) is 64.3 Å². The number of rotatable bonds is 4. The van der Waals surface area contributed by atoms with Gasteiger partial charge in [0.15, 0.2) is 0 Å². The lowest BCUT2D eigenvalue weighted by atomic mass is 10.1. The molecular weight excluding hydrogens is 366 g/mol. The maximum atomic E-state index is 12.8. The van der Waals surface area contributed by atoms with E-state index in [1.54, 1.807) is 23.2 Å². The molecule has 0 aliphatic carbocycles. The van der Waals surface area contributed by atoms with Crippen LogP contribution < -0.4 is 5.32 Å². The molecule has 0 saturated carbocycles. The van der Waals surface area contributed by atoms with Crippen LogP contribution in [0.1, 0.15) is 27.8 Å². The van der Waals surface area contributed by atoms with E-state index in [1.165, 1.54) is 6.20 Å². The van der Waals surface area contributed by atoms with Crippen molar-refractivity contribution in [2.45, 2.75) is 6.92 Å². The fraction of sp³-hybridized carbons (Fsp3) is 0.273. The molecule has 1 saturated heterocycles. The average Bonchev–Trinajstić information content (AvgIpc) is 2.79. The first kappa shape index (κ1) is 19.0. The van der Waals surface area contributed by atoms with E-state index in [0.29, 0.717) is 30.0 Å². The Balaban J connectivity index is 1.51. The van der Waals surface area contributed by atoms with Crippen molar-refractivity contribution in [2.24, 2.45) is 0 Å². The number of carbonyl (C=O) groups excluding carboxylic acids is 2. The number of nitrogens with zero attached hydrogens (tertiary/aromatic N) is 4. The summed E-state index contributed by atoms with van der Waals surface area (Å²) in [6.07, 6.45) is 3.20. The van der Waals surface area contributed by atoms with E-state index in [2.05, 4.69) is 27.1 Å². The molecule has 1 N–H and O–H groups in total. The van der Waals surface area contributed by atoms with E-state index in [0.717, 1.165) is 30.5 Å². The fourth-order valence-electron chi connectivity index (χ4n) is 3.52. The number of hydrogen-bond acceptors (Lipinski definition) is 5. The maximum absolute atomic E-state index is 12.8. The van der Waals surface area contributed by atoms with Crippen molar-refractivity contribution >= 4 is 28.4 Å². The Morgan fingerprint density at radius 1 is 1.00 bits per heavy atom. The van der Waals surface area contributed by atoms with Crippen molar-refractivity contribution in [3.8, 4) is 0 Å². The molecule has 3 aromatic rings. The predicted molar refractivity (Wildman–Crippen MR) is 112 cm³/mol. The molecule has 7 nitrogen and oxygen atoms in total. The van der Waals surface area contributed by atoms with Gasteiger partial charge in [0, 0.05) is 49.5 Å². The third kappa shape index (κ3) is 4.09. The summed E-state index contributed by atoms with van der Waals surface area (Å²) in [7, 11) is 0. The predicted octanol–water partition coefficient (Wildman–Crippen LogP) is 2.66. The number of para-hydroxylation sites is 1. The quantitative estimate of drug-likeness (QED) is 0.742. The maximum Gasteiger partial charge on any atom is 0.272 e. The number of nitrogens with one attached hydrogen (secondary N) is 1. The zero-order valence-electron chi connectivity index (χ0n) is 16.3. The molecule has 1 aromatic carbocycles. The first-order valence-corrected chi connectivity index (χ1v) is 9.78. The smallest absolute Gasteiger partial charge is 0.272 e. The largest absolute Gasteiger partial charge is 0.335 e. The van der Waals surface area contributed by atoms with Gasteiger partial charge in [-0.25, -0.2) is 0 Å². The number of amides is 2. The van der Waals surface area contributed by atoms with E-state index in [9.17, 15) is 9.59 Å². The standard InChI is InChI=1S/C22H23N5O2/c1-2-26-11-13-27(14-12-26)22(29)19-15-17(8-10-23-19)21(28)25-18-7-3-5-16-6-4-9-24-20(16)18/h3-10,15H,2,11-14H2,1H3,(H,25,28). The number of carbonyl (C=O) groups is 2. The van der Waals surface area contributed by atoms with Crippen LogP contribution in [0.25, 0.3) is 10.9 Å². The molecule has 3 heterocycles. The Hall–Kier alpha value is -3.32. The summed E-state index contributed by atoms with van der Waals surface area (Å²) in [6.45, 7) is 6.16. The average molecular weight is 389 g/mol.